The first kappa shape index (κ1) is 8.85. The summed E-state index contributed by atoms with van der Waals surface area (Å²) in [5.41, 5.74) is 0. The van der Waals surface area contributed by atoms with Gasteiger partial charge in [-0.05, 0) is 18.6 Å². The van der Waals surface area contributed by atoms with E-state index < -0.39 is 0 Å². The summed E-state index contributed by atoms with van der Waals surface area (Å²) in [5.74, 6) is 1.59. The van der Waals surface area contributed by atoms with Crippen molar-refractivity contribution in [3.8, 4) is 0 Å². The topological polar surface area (TPSA) is 13.1 Å². The maximum absolute atomic E-state index is 5.28. The van der Waals surface area contributed by atoms with E-state index in [-0.39, 0.29) is 0 Å². The van der Waals surface area contributed by atoms with E-state index in [4.69, 9.17) is 4.42 Å². The van der Waals surface area contributed by atoms with Crippen LogP contribution < -0.4 is 0 Å². The van der Waals surface area contributed by atoms with Gasteiger partial charge in [0.2, 0.25) is 0 Å². The van der Waals surface area contributed by atoms with E-state index in [1.807, 2.05) is 12.1 Å². The molecule has 0 aromatic carbocycles. The lowest BCUT2D eigenvalue weighted by Gasteiger charge is -2.09. The van der Waals surface area contributed by atoms with Gasteiger partial charge in [0.15, 0.2) is 0 Å². The van der Waals surface area contributed by atoms with Gasteiger partial charge in [-0.15, -0.1) is 0 Å². The van der Waals surface area contributed by atoms with E-state index in [9.17, 15) is 0 Å². The third-order valence-electron chi connectivity index (χ3n) is 1.71. The molecule has 0 saturated carbocycles. The molecule has 1 nitrogen and oxygen atoms in total. The molecule has 2 heteroatoms. The highest BCUT2D eigenvalue weighted by Gasteiger charge is 2.10. The zero-order valence-corrected chi connectivity index (χ0v) is 8.47. The molecule has 1 heterocycles. The summed E-state index contributed by atoms with van der Waals surface area (Å²) in [6.07, 6.45) is 2.85. The van der Waals surface area contributed by atoms with Crippen LogP contribution in [0.25, 0.3) is 0 Å². The minimum atomic E-state index is 0.513. The number of halogens is 1. The van der Waals surface area contributed by atoms with Crippen LogP contribution in [-0.4, -0.2) is 4.83 Å². The average molecular weight is 217 g/mol. The first-order chi connectivity index (χ1) is 5.20. The van der Waals surface area contributed by atoms with Crippen LogP contribution in [0.4, 0.5) is 0 Å². The Morgan fingerprint density at radius 3 is 2.73 bits per heavy atom. The maximum Gasteiger partial charge on any atom is 0.106 e. The quantitative estimate of drug-likeness (QED) is 0.705. The highest BCUT2D eigenvalue weighted by Crippen LogP contribution is 2.23. The summed E-state index contributed by atoms with van der Waals surface area (Å²) in [6, 6.07) is 3.96. The molecule has 0 bridgehead atoms. The van der Waals surface area contributed by atoms with Gasteiger partial charge in [0.05, 0.1) is 6.26 Å². The molecule has 11 heavy (non-hydrogen) atoms. The van der Waals surface area contributed by atoms with Crippen molar-refractivity contribution in [3.05, 3.63) is 24.2 Å². The van der Waals surface area contributed by atoms with Crippen LogP contribution >= 0.6 is 15.9 Å². The fourth-order valence-electron chi connectivity index (χ4n) is 1.18. The second-order valence-corrected chi connectivity index (χ2v) is 4.50. The third kappa shape index (κ3) is 2.70. The van der Waals surface area contributed by atoms with Crippen LogP contribution in [0.2, 0.25) is 0 Å². The minimum Gasteiger partial charge on any atom is -0.469 e. The Balaban J connectivity index is 2.49. The predicted octanol–water partition coefficient (Wildman–Crippen LogP) is 3.56. The van der Waals surface area contributed by atoms with E-state index in [1.165, 1.54) is 0 Å². The number of rotatable bonds is 3. The molecule has 0 spiro atoms. The van der Waals surface area contributed by atoms with Gasteiger partial charge in [-0.1, -0.05) is 29.8 Å². The zero-order valence-electron chi connectivity index (χ0n) is 6.88. The van der Waals surface area contributed by atoms with Crippen molar-refractivity contribution in [2.45, 2.75) is 31.0 Å². The lowest BCUT2D eigenvalue weighted by molar-refractivity contribution is 0.462. The molecule has 0 aliphatic heterocycles. The Morgan fingerprint density at radius 1 is 1.55 bits per heavy atom. The summed E-state index contributed by atoms with van der Waals surface area (Å²) in [4.78, 5) is 0.558. The minimum absolute atomic E-state index is 0.513. The van der Waals surface area contributed by atoms with Crippen LogP contribution in [0.5, 0.6) is 0 Å². The van der Waals surface area contributed by atoms with Crippen LogP contribution in [0.3, 0.4) is 0 Å². The molecule has 62 valence electrons. The molecule has 1 aromatic rings. The highest BCUT2D eigenvalue weighted by atomic mass is 79.9. The Labute approximate surface area is 75.9 Å². The van der Waals surface area contributed by atoms with Crippen molar-refractivity contribution in [1.29, 1.82) is 0 Å². The highest BCUT2D eigenvalue weighted by molar-refractivity contribution is 9.09. The molecule has 1 rings (SSSR count). The van der Waals surface area contributed by atoms with Gasteiger partial charge in [0.25, 0.3) is 0 Å². The lowest BCUT2D eigenvalue weighted by Crippen LogP contribution is -1.98. The Hall–Kier alpha value is -0.240. The monoisotopic (exact) mass is 216 g/mol. The van der Waals surface area contributed by atoms with Gasteiger partial charge in [-0.25, -0.2) is 0 Å². The zero-order chi connectivity index (χ0) is 8.27. The summed E-state index contributed by atoms with van der Waals surface area (Å²) in [7, 11) is 0. The van der Waals surface area contributed by atoms with Crippen molar-refractivity contribution < 1.29 is 4.42 Å². The normalized spacial score (nSPS) is 16.3. The maximum atomic E-state index is 5.28. The molecule has 0 aliphatic carbocycles. The van der Waals surface area contributed by atoms with Crippen LogP contribution in [0.1, 0.15) is 31.9 Å². The fraction of sp³-hybridized carbons (Fsp3) is 0.556. The molecule has 0 fully saturated rings. The van der Waals surface area contributed by atoms with Crippen LogP contribution in [-0.2, 0) is 0 Å². The van der Waals surface area contributed by atoms with E-state index in [2.05, 4.69) is 29.8 Å². The average Bonchev–Trinajstić information content (AvgIpc) is 2.35. The second kappa shape index (κ2) is 3.96. The van der Waals surface area contributed by atoms with E-state index in [0.29, 0.717) is 10.7 Å². The van der Waals surface area contributed by atoms with Crippen LogP contribution in [0.15, 0.2) is 22.8 Å². The largest absolute Gasteiger partial charge is 0.469 e. The van der Waals surface area contributed by atoms with E-state index in [1.54, 1.807) is 6.26 Å². The molecule has 0 amide bonds. The standard InChI is InChI=1S/C9H13BrO/c1-7(6-8(2)10)9-4-3-5-11-9/h3-5,7-8H,6H2,1-2H3. The molecule has 2 unspecified atom stereocenters. The Bertz CT molecular complexity index is 191. The Morgan fingerprint density at radius 2 is 2.27 bits per heavy atom. The third-order valence-corrected chi connectivity index (χ3v) is 2.08. The van der Waals surface area contributed by atoms with Crippen molar-refractivity contribution in [2.24, 2.45) is 0 Å². The first-order valence-corrected chi connectivity index (χ1v) is 4.79. The summed E-state index contributed by atoms with van der Waals surface area (Å²) < 4.78 is 5.28. The summed E-state index contributed by atoms with van der Waals surface area (Å²) in [6.45, 7) is 4.33. The number of furan rings is 1. The molecule has 2 atom stereocenters. The summed E-state index contributed by atoms with van der Waals surface area (Å²) in [5, 5.41) is 0. The molecule has 0 saturated heterocycles. The second-order valence-electron chi connectivity index (χ2n) is 2.93. The van der Waals surface area contributed by atoms with Crippen molar-refractivity contribution in [1.82, 2.24) is 0 Å². The molecular formula is C9H13BrO. The fourth-order valence-corrected chi connectivity index (χ4v) is 1.74. The molecule has 0 N–H and O–H groups in total. The van der Waals surface area contributed by atoms with E-state index in [0.717, 1.165) is 12.2 Å². The van der Waals surface area contributed by atoms with Gasteiger partial charge >= 0.3 is 0 Å². The number of alkyl halides is 1. The van der Waals surface area contributed by atoms with Gasteiger partial charge in [0, 0.05) is 10.7 Å². The predicted molar refractivity (Wildman–Crippen MR) is 50.1 cm³/mol. The SMILES string of the molecule is CC(Br)CC(C)c1ccco1. The van der Waals surface area contributed by atoms with E-state index >= 15 is 0 Å². The van der Waals surface area contributed by atoms with Gasteiger partial charge in [-0.3, -0.25) is 0 Å². The number of hydrogen-bond acceptors (Lipinski definition) is 1. The van der Waals surface area contributed by atoms with Gasteiger partial charge < -0.3 is 4.42 Å². The molecular weight excluding hydrogens is 204 g/mol. The smallest absolute Gasteiger partial charge is 0.106 e. The molecule has 0 radical (unpaired) electrons. The van der Waals surface area contributed by atoms with Gasteiger partial charge in [0.1, 0.15) is 5.76 Å². The van der Waals surface area contributed by atoms with Gasteiger partial charge in [-0.2, -0.15) is 0 Å². The number of hydrogen-bond donors (Lipinski definition) is 0. The van der Waals surface area contributed by atoms with Crippen molar-refractivity contribution in [3.63, 3.8) is 0 Å². The lowest BCUT2D eigenvalue weighted by atomic mass is 10.0. The summed E-state index contributed by atoms with van der Waals surface area (Å²) >= 11 is 3.52. The van der Waals surface area contributed by atoms with Crippen molar-refractivity contribution >= 4 is 15.9 Å². The van der Waals surface area contributed by atoms with Crippen LogP contribution in [0, 0.1) is 0 Å². The Kier molecular flexibility index (Phi) is 3.18. The molecule has 0 aliphatic rings. The molecule has 1 aromatic heterocycles. The first-order valence-electron chi connectivity index (χ1n) is 3.87. The van der Waals surface area contributed by atoms with Crippen molar-refractivity contribution in [2.75, 3.05) is 0 Å².